The monoisotopic (exact) mass is 270 g/mol. The van der Waals surface area contributed by atoms with E-state index in [1.807, 2.05) is 36.0 Å². The fraction of sp³-hybridized carbons (Fsp3) is 0.333. The van der Waals surface area contributed by atoms with E-state index in [0.717, 1.165) is 24.2 Å². The summed E-state index contributed by atoms with van der Waals surface area (Å²) in [6.45, 7) is 1.51. The van der Waals surface area contributed by atoms with E-state index in [9.17, 15) is 4.79 Å². The van der Waals surface area contributed by atoms with E-state index in [2.05, 4.69) is 16.0 Å². The van der Waals surface area contributed by atoms with Crippen LogP contribution in [0.3, 0.4) is 0 Å². The Labute approximate surface area is 118 Å². The highest BCUT2D eigenvalue weighted by molar-refractivity contribution is 5.82. The maximum absolute atomic E-state index is 11.9. The molecule has 1 aliphatic heterocycles. The summed E-state index contributed by atoms with van der Waals surface area (Å²) in [7, 11) is 1.96. The molecule has 2 aromatic rings. The lowest BCUT2D eigenvalue weighted by Gasteiger charge is -2.35. The average Bonchev–Trinajstić information content (AvgIpc) is 2.83. The van der Waals surface area contributed by atoms with E-state index < -0.39 is 0 Å². The first kappa shape index (κ1) is 12.9. The molecule has 1 aromatic heterocycles. The van der Waals surface area contributed by atoms with Crippen molar-refractivity contribution in [2.75, 3.05) is 6.54 Å². The normalized spacial score (nSPS) is 18.8. The summed E-state index contributed by atoms with van der Waals surface area (Å²) in [6.07, 6.45) is 4.54. The first-order valence-corrected chi connectivity index (χ1v) is 6.73. The number of amides is 1. The molecule has 1 amide bonds. The zero-order valence-corrected chi connectivity index (χ0v) is 11.5. The van der Waals surface area contributed by atoms with Gasteiger partial charge in [-0.15, -0.1) is 0 Å². The first-order valence-electron chi connectivity index (χ1n) is 6.73. The molecule has 1 atom stereocenters. The molecular formula is C15H18N4O. The second kappa shape index (κ2) is 5.09. The SMILES string of the molecule is Cn1cncc1CN1CCc2ccccc2C1C(N)=O. The number of benzene rings is 1. The van der Waals surface area contributed by atoms with Crippen molar-refractivity contribution in [3.8, 4) is 0 Å². The lowest BCUT2D eigenvalue weighted by atomic mass is 9.92. The highest BCUT2D eigenvalue weighted by atomic mass is 16.1. The number of carbonyl (C=O) groups excluding carboxylic acids is 1. The number of rotatable bonds is 3. The van der Waals surface area contributed by atoms with Gasteiger partial charge in [0.1, 0.15) is 6.04 Å². The predicted octanol–water partition coefficient (Wildman–Crippen LogP) is 1.00. The third-order valence-electron chi connectivity index (χ3n) is 3.93. The number of nitrogens with zero attached hydrogens (tertiary/aromatic N) is 3. The van der Waals surface area contributed by atoms with Crippen LogP contribution in [0.5, 0.6) is 0 Å². The Kier molecular flexibility index (Phi) is 3.28. The van der Waals surface area contributed by atoms with E-state index >= 15 is 0 Å². The molecule has 2 N–H and O–H groups in total. The average molecular weight is 270 g/mol. The number of hydrogen-bond acceptors (Lipinski definition) is 3. The van der Waals surface area contributed by atoms with Crippen LogP contribution in [0.15, 0.2) is 36.8 Å². The van der Waals surface area contributed by atoms with Crippen molar-refractivity contribution in [3.05, 3.63) is 53.6 Å². The molecule has 20 heavy (non-hydrogen) atoms. The van der Waals surface area contributed by atoms with Gasteiger partial charge in [0.25, 0.3) is 0 Å². The van der Waals surface area contributed by atoms with Crippen molar-refractivity contribution in [3.63, 3.8) is 0 Å². The number of fused-ring (bicyclic) bond motifs is 1. The minimum absolute atomic E-state index is 0.292. The second-order valence-electron chi connectivity index (χ2n) is 5.22. The quantitative estimate of drug-likeness (QED) is 0.905. The Balaban J connectivity index is 1.92. The summed E-state index contributed by atoms with van der Waals surface area (Å²) in [5.41, 5.74) is 8.97. The Morgan fingerprint density at radius 1 is 1.45 bits per heavy atom. The van der Waals surface area contributed by atoms with Crippen LogP contribution in [0.1, 0.15) is 22.9 Å². The van der Waals surface area contributed by atoms with E-state index in [1.165, 1.54) is 5.56 Å². The maximum Gasteiger partial charge on any atom is 0.239 e. The highest BCUT2D eigenvalue weighted by Gasteiger charge is 2.31. The Morgan fingerprint density at radius 3 is 2.95 bits per heavy atom. The minimum Gasteiger partial charge on any atom is -0.368 e. The Hall–Kier alpha value is -2.14. The van der Waals surface area contributed by atoms with Gasteiger partial charge in [-0.3, -0.25) is 9.69 Å². The molecule has 1 unspecified atom stereocenters. The van der Waals surface area contributed by atoms with Gasteiger partial charge in [0.05, 0.1) is 12.0 Å². The van der Waals surface area contributed by atoms with Gasteiger partial charge in [-0.25, -0.2) is 4.98 Å². The lowest BCUT2D eigenvalue weighted by Crippen LogP contribution is -2.42. The largest absolute Gasteiger partial charge is 0.368 e. The lowest BCUT2D eigenvalue weighted by molar-refractivity contribution is -0.124. The summed E-state index contributed by atoms with van der Waals surface area (Å²) in [5.74, 6) is -0.292. The molecule has 3 rings (SSSR count). The fourth-order valence-electron chi connectivity index (χ4n) is 2.87. The van der Waals surface area contributed by atoms with E-state index in [0.29, 0.717) is 6.54 Å². The Morgan fingerprint density at radius 2 is 2.25 bits per heavy atom. The molecular weight excluding hydrogens is 252 g/mol. The van der Waals surface area contributed by atoms with Crippen LogP contribution in [0.4, 0.5) is 0 Å². The molecule has 0 radical (unpaired) electrons. The number of aryl methyl sites for hydroxylation is 1. The van der Waals surface area contributed by atoms with Gasteiger partial charge in [0, 0.05) is 26.3 Å². The van der Waals surface area contributed by atoms with Crippen LogP contribution < -0.4 is 5.73 Å². The molecule has 0 aliphatic carbocycles. The van der Waals surface area contributed by atoms with Crippen molar-refractivity contribution >= 4 is 5.91 Å². The van der Waals surface area contributed by atoms with E-state index in [1.54, 1.807) is 6.33 Å². The van der Waals surface area contributed by atoms with Crippen molar-refractivity contribution in [2.24, 2.45) is 12.8 Å². The number of carbonyl (C=O) groups is 1. The van der Waals surface area contributed by atoms with Gasteiger partial charge in [-0.2, -0.15) is 0 Å². The maximum atomic E-state index is 11.9. The molecule has 104 valence electrons. The first-order chi connectivity index (χ1) is 9.66. The van der Waals surface area contributed by atoms with Crippen LogP contribution in [0.25, 0.3) is 0 Å². The van der Waals surface area contributed by atoms with Gasteiger partial charge in [-0.1, -0.05) is 24.3 Å². The number of hydrogen-bond donors (Lipinski definition) is 1. The zero-order valence-electron chi connectivity index (χ0n) is 11.5. The van der Waals surface area contributed by atoms with Crippen LogP contribution in [0, 0.1) is 0 Å². The number of aromatic nitrogens is 2. The molecule has 0 saturated heterocycles. The predicted molar refractivity (Wildman–Crippen MR) is 75.7 cm³/mol. The highest BCUT2D eigenvalue weighted by Crippen LogP contribution is 2.30. The molecule has 1 aliphatic rings. The topological polar surface area (TPSA) is 64.2 Å². The molecule has 0 saturated carbocycles. The summed E-state index contributed by atoms with van der Waals surface area (Å²) in [4.78, 5) is 18.1. The van der Waals surface area contributed by atoms with Crippen molar-refractivity contribution in [1.82, 2.24) is 14.5 Å². The van der Waals surface area contributed by atoms with Crippen LogP contribution in [-0.4, -0.2) is 26.9 Å². The summed E-state index contributed by atoms with van der Waals surface area (Å²) in [6, 6.07) is 7.69. The summed E-state index contributed by atoms with van der Waals surface area (Å²) < 4.78 is 1.97. The summed E-state index contributed by atoms with van der Waals surface area (Å²) in [5, 5.41) is 0. The molecule has 0 spiro atoms. The number of primary amides is 1. The van der Waals surface area contributed by atoms with Crippen LogP contribution in [0.2, 0.25) is 0 Å². The molecule has 2 heterocycles. The van der Waals surface area contributed by atoms with Crippen LogP contribution >= 0.6 is 0 Å². The molecule has 5 heteroatoms. The number of nitrogens with two attached hydrogens (primary N) is 1. The standard InChI is InChI=1S/C15H18N4O/c1-18-10-17-8-12(18)9-19-7-6-11-4-2-3-5-13(11)14(19)15(16)20/h2-5,8,10,14H,6-7,9H2,1H3,(H2,16,20). The van der Waals surface area contributed by atoms with Gasteiger partial charge in [0.15, 0.2) is 0 Å². The van der Waals surface area contributed by atoms with E-state index in [4.69, 9.17) is 5.73 Å². The van der Waals surface area contributed by atoms with Gasteiger partial charge >= 0.3 is 0 Å². The smallest absolute Gasteiger partial charge is 0.239 e. The minimum atomic E-state index is -0.352. The van der Waals surface area contributed by atoms with Crippen LogP contribution in [-0.2, 0) is 24.8 Å². The molecule has 1 aromatic carbocycles. The fourth-order valence-corrected chi connectivity index (χ4v) is 2.87. The van der Waals surface area contributed by atoms with Gasteiger partial charge in [-0.05, 0) is 17.5 Å². The van der Waals surface area contributed by atoms with Crippen molar-refractivity contribution < 1.29 is 4.79 Å². The molecule has 0 bridgehead atoms. The van der Waals surface area contributed by atoms with Gasteiger partial charge < -0.3 is 10.3 Å². The summed E-state index contributed by atoms with van der Waals surface area (Å²) >= 11 is 0. The third kappa shape index (κ3) is 2.20. The third-order valence-corrected chi connectivity index (χ3v) is 3.93. The number of imidazole rings is 1. The van der Waals surface area contributed by atoms with Crippen molar-refractivity contribution in [1.29, 1.82) is 0 Å². The Bertz CT molecular complexity index is 634. The zero-order chi connectivity index (χ0) is 14.1. The second-order valence-corrected chi connectivity index (χ2v) is 5.22. The van der Waals surface area contributed by atoms with Crippen molar-refractivity contribution in [2.45, 2.75) is 19.0 Å². The molecule has 0 fully saturated rings. The van der Waals surface area contributed by atoms with E-state index in [-0.39, 0.29) is 11.9 Å². The van der Waals surface area contributed by atoms with Gasteiger partial charge in [0.2, 0.25) is 5.91 Å². The molecule has 5 nitrogen and oxygen atoms in total.